The third-order valence-corrected chi connectivity index (χ3v) is 5.62. The molecule has 4 aromatic rings. The van der Waals surface area contributed by atoms with Gasteiger partial charge in [-0.1, -0.05) is 24.3 Å². The summed E-state index contributed by atoms with van der Waals surface area (Å²) >= 11 is 6.90. The lowest BCUT2D eigenvalue weighted by Gasteiger charge is -2.16. The van der Waals surface area contributed by atoms with Crippen molar-refractivity contribution in [3.8, 4) is 0 Å². The van der Waals surface area contributed by atoms with E-state index in [1.807, 2.05) is 54.6 Å². The van der Waals surface area contributed by atoms with Gasteiger partial charge in [-0.05, 0) is 79.4 Å². The van der Waals surface area contributed by atoms with Crippen molar-refractivity contribution >= 4 is 54.0 Å². The smallest absolute Gasteiger partial charge is 0.106 e. The Balaban J connectivity index is 1.88. The molecule has 0 spiro atoms. The van der Waals surface area contributed by atoms with Gasteiger partial charge in [-0.15, -0.1) is 0 Å². The van der Waals surface area contributed by atoms with Crippen LogP contribution in [0.1, 0.15) is 22.5 Å². The van der Waals surface area contributed by atoms with E-state index < -0.39 is 0 Å². The van der Waals surface area contributed by atoms with E-state index in [4.69, 9.17) is 11.5 Å². The molecule has 2 aromatic heterocycles. The van der Waals surface area contributed by atoms with E-state index >= 15 is 0 Å². The highest BCUT2D eigenvalue weighted by molar-refractivity contribution is 9.10. The van der Waals surface area contributed by atoms with E-state index in [2.05, 4.69) is 47.9 Å². The zero-order valence-corrected chi connectivity index (χ0v) is 18.2. The number of hydrogen-bond acceptors (Lipinski definition) is 4. The number of hydrogen-bond donors (Lipinski definition) is 2. The van der Waals surface area contributed by atoms with Crippen LogP contribution in [0.5, 0.6) is 0 Å². The predicted molar refractivity (Wildman–Crippen MR) is 122 cm³/mol. The Morgan fingerprint density at radius 1 is 0.714 bits per heavy atom. The van der Waals surface area contributed by atoms with Crippen LogP contribution in [0.4, 0.5) is 11.4 Å². The van der Waals surface area contributed by atoms with Gasteiger partial charge in [0.1, 0.15) is 9.21 Å². The van der Waals surface area contributed by atoms with Gasteiger partial charge in [0, 0.05) is 46.4 Å². The molecule has 0 saturated carbocycles. The molecule has 0 fully saturated rings. The van der Waals surface area contributed by atoms with Crippen LogP contribution in [-0.4, -0.2) is 9.97 Å². The van der Waals surface area contributed by atoms with Crippen molar-refractivity contribution in [2.75, 3.05) is 11.5 Å². The van der Waals surface area contributed by atoms with Gasteiger partial charge in [0.15, 0.2) is 0 Å². The van der Waals surface area contributed by atoms with Crippen molar-refractivity contribution in [3.63, 3.8) is 0 Å². The number of anilines is 2. The molecule has 4 rings (SSSR count). The number of pyridine rings is 2. The summed E-state index contributed by atoms with van der Waals surface area (Å²) in [5.41, 5.74) is 18.4. The first kappa shape index (κ1) is 18.9. The number of halogens is 2. The molecule has 2 heterocycles. The van der Waals surface area contributed by atoms with Gasteiger partial charge in [0.25, 0.3) is 0 Å². The molecule has 28 heavy (non-hydrogen) atoms. The maximum atomic E-state index is 6.63. The predicted octanol–water partition coefficient (Wildman–Crippen LogP) is 5.50. The monoisotopic (exact) mass is 496 g/mol. The largest absolute Gasteiger partial charge is 0.398 e. The van der Waals surface area contributed by atoms with Gasteiger partial charge in [0.2, 0.25) is 0 Å². The molecule has 0 aliphatic rings. The summed E-state index contributed by atoms with van der Waals surface area (Å²) in [6.07, 6.45) is 1.30. The number of nitrogens with zero attached hydrogens (tertiary/aromatic N) is 2. The van der Waals surface area contributed by atoms with E-state index in [0.717, 1.165) is 53.9 Å². The van der Waals surface area contributed by atoms with Crippen LogP contribution in [0.25, 0.3) is 10.8 Å². The van der Waals surface area contributed by atoms with E-state index in [-0.39, 0.29) is 0 Å². The lowest BCUT2D eigenvalue weighted by Crippen LogP contribution is -2.06. The average molecular weight is 498 g/mol. The molecule has 0 radical (unpaired) electrons. The number of benzene rings is 2. The molecule has 4 N–H and O–H groups in total. The van der Waals surface area contributed by atoms with Gasteiger partial charge >= 0.3 is 0 Å². The molecule has 6 heteroatoms. The van der Waals surface area contributed by atoms with Crippen LogP contribution < -0.4 is 11.5 Å². The summed E-state index contributed by atoms with van der Waals surface area (Å²) < 4.78 is 1.62. The summed E-state index contributed by atoms with van der Waals surface area (Å²) in [7, 11) is 0. The Hall–Kier alpha value is -2.44. The van der Waals surface area contributed by atoms with Crippen molar-refractivity contribution in [1.29, 1.82) is 0 Å². The van der Waals surface area contributed by atoms with E-state index in [0.29, 0.717) is 12.8 Å². The van der Waals surface area contributed by atoms with Crippen molar-refractivity contribution in [3.05, 3.63) is 92.4 Å². The van der Waals surface area contributed by atoms with E-state index in [1.165, 1.54) is 0 Å². The number of nitrogens with two attached hydrogens (primary N) is 2. The second-order valence-corrected chi connectivity index (χ2v) is 8.25. The average Bonchev–Trinajstić information content (AvgIpc) is 2.66. The minimum atomic E-state index is 0.638. The fourth-order valence-electron chi connectivity index (χ4n) is 3.42. The molecule has 0 bridgehead atoms. The highest BCUT2D eigenvalue weighted by Gasteiger charge is 2.15. The highest BCUT2D eigenvalue weighted by atomic mass is 79.9. The zero-order valence-electron chi connectivity index (χ0n) is 15.0. The molecule has 0 aliphatic carbocycles. The first-order chi connectivity index (χ1) is 13.5. The van der Waals surface area contributed by atoms with Gasteiger partial charge in [0.05, 0.1) is 0 Å². The highest BCUT2D eigenvalue weighted by Crippen LogP contribution is 2.34. The van der Waals surface area contributed by atoms with Crippen LogP contribution in [0.3, 0.4) is 0 Å². The minimum absolute atomic E-state index is 0.638. The van der Waals surface area contributed by atoms with Crippen molar-refractivity contribution in [2.45, 2.75) is 12.8 Å². The second-order valence-electron chi connectivity index (χ2n) is 6.63. The molecule has 0 unspecified atom stereocenters. The SMILES string of the molecule is Nc1cccc2c(N)c(Cc3cccc(Br)n3)c(Cc3cccc(Br)n3)cc12. The molecular formula is C22H18Br2N4. The second kappa shape index (κ2) is 7.89. The molecule has 0 amide bonds. The first-order valence-corrected chi connectivity index (χ1v) is 10.4. The lowest BCUT2D eigenvalue weighted by atomic mass is 9.92. The molecule has 0 aliphatic heterocycles. The molecule has 0 atom stereocenters. The Kier molecular flexibility index (Phi) is 5.33. The van der Waals surface area contributed by atoms with Crippen molar-refractivity contribution < 1.29 is 0 Å². The lowest BCUT2D eigenvalue weighted by molar-refractivity contribution is 1.00. The standard InChI is InChI=1S/C22H18Br2N4/c23-20-8-1-4-14(27-20)10-13-11-18-16(6-3-7-19(18)25)22(26)17(13)12-15-5-2-9-21(24)28-15/h1-9,11H,10,12,25-26H2. The molecule has 0 saturated heterocycles. The Morgan fingerprint density at radius 3 is 1.96 bits per heavy atom. The Morgan fingerprint density at radius 2 is 1.32 bits per heavy atom. The van der Waals surface area contributed by atoms with Crippen LogP contribution >= 0.6 is 31.9 Å². The Bertz CT molecular complexity index is 1170. The summed E-state index contributed by atoms with van der Waals surface area (Å²) in [6.45, 7) is 0. The van der Waals surface area contributed by atoms with Crippen LogP contribution in [0.2, 0.25) is 0 Å². The van der Waals surface area contributed by atoms with Gasteiger partial charge in [-0.2, -0.15) is 0 Å². The zero-order chi connectivity index (χ0) is 19.7. The summed E-state index contributed by atoms with van der Waals surface area (Å²) in [5, 5.41) is 1.94. The minimum Gasteiger partial charge on any atom is -0.398 e. The van der Waals surface area contributed by atoms with Gasteiger partial charge < -0.3 is 11.5 Å². The summed E-state index contributed by atoms with van der Waals surface area (Å²) in [4.78, 5) is 9.17. The van der Waals surface area contributed by atoms with Crippen LogP contribution in [0, 0.1) is 0 Å². The normalized spacial score (nSPS) is 11.1. The van der Waals surface area contributed by atoms with Gasteiger partial charge in [-0.3, -0.25) is 0 Å². The van der Waals surface area contributed by atoms with E-state index in [1.54, 1.807) is 0 Å². The first-order valence-electron chi connectivity index (χ1n) is 8.82. The maximum absolute atomic E-state index is 6.63. The maximum Gasteiger partial charge on any atom is 0.106 e. The van der Waals surface area contributed by atoms with Crippen molar-refractivity contribution in [2.24, 2.45) is 0 Å². The van der Waals surface area contributed by atoms with Crippen LogP contribution in [0.15, 0.2) is 69.9 Å². The third kappa shape index (κ3) is 3.88. The quantitative estimate of drug-likeness (QED) is 0.288. The molecule has 2 aromatic carbocycles. The molecular weight excluding hydrogens is 480 g/mol. The topological polar surface area (TPSA) is 77.8 Å². The summed E-state index contributed by atoms with van der Waals surface area (Å²) in [6, 6.07) is 19.8. The molecule has 140 valence electrons. The fourth-order valence-corrected chi connectivity index (χ4v) is 4.18. The van der Waals surface area contributed by atoms with Crippen LogP contribution in [-0.2, 0) is 12.8 Å². The number of rotatable bonds is 4. The van der Waals surface area contributed by atoms with E-state index in [9.17, 15) is 0 Å². The fraction of sp³-hybridized carbons (Fsp3) is 0.0909. The van der Waals surface area contributed by atoms with Gasteiger partial charge in [-0.25, -0.2) is 9.97 Å². The van der Waals surface area contributed by atoms with Crippen molar-refractivity contribution in [1.82, 2.24) is 9.97 Å². The third-order valence-electron chi connectivity index (χ3n) is 4.74. The number of aromatic nitrogens is 2. The summed E-state index contributed by atoms with van der Waals surface area (Å²) in [5.74, 6) is 0. The molecule has 4 nitrogen and oxygen atoms in total. The Labute approximate surface area is 180 Å². The number of nitrogen functional groups attached to an aromatic ring is 2. The number of fused-ring (bicyclic) bond motifs is 1.